The molecule has 0 bridgehead atoms. The number of aliphatic hydroxyl groups excluding tert-OH is 1. The van der Waals surface area contributed by atoms with Crippen molar-refractivity contribution in [2.24, 2.45) is 5.73 Å². The minimum atomic E-state index is -1.13. The van der Waals surface area contributed by atoms with Gasteiger partial charge in [-0.25, -0.2) is 4.79 Å². The van der Waals surface area contributed by atoms with Gasteiger partial charge in [0.15, 0.2) is 0 Å². The quantitative estimate of drug-likeness (QED) is 0.448. The van der Waals surface area contributed by atoms with Gasteiger partial charge < -0.3 is 20.3 Å². The molecule has 88 valence electrons. The Morgan fingerprint density at radius 2 is 1.67 bits per heavy atom. The van der Waals surface area contributed by atoms with Gasteiger partial charge in [0, 0.05) is 6.42 Å². The molecule has 15 heavy (non-hydrogen) atoms. The van der Waals surface area contributed by atoms with Crippen LogP contribution in [-0.4, -0.2) is 42.4 Å². The van der Waals surface area contributed by atoms with E-state index >= 15 is 0 Å². The van der Waals surface area contributed by atoms with Crippen LogP contribution >= 0.6 is 0 Å². The van der Waals surface area contributed by atoms with E-state index in [4.69, 9.17) is 15.6 Å². The van der Waals surface area contributed by atoms with Crippen molar-refractivity contribution in [1.29, 1.82) is 0 Å². The van der Waals surface area contributed by atoms with E-state index in [1.165, 1.54) is 13.8 Å². The van der Waals surface area contributed by atoms with Crippen molar-refractivity contribution in [2.75, 3.05) is 13.2 Å². The van der Waals surface area contributed by atoms with Gasteiger partial charge in [-0.15, -0.1) is 0 Å². The third kappa shape index (κ3) is 6.87. The van der Waals surface area contributed by atoms with Gasteiger partial charge in [-0.3, -0.25) is 4.79 Å². The number of hydrogen-bond acceptors (Lipinski definition) is 6. The first-order chi connectivity index (χ1) is 6.95. The Balaban J connectivity index is 3.40. The monoisotopic (exact) mass is 219 g/mol. The van der Waals surface area contributed by atoms with E-state index in [1.54, 1.807) is 0 Å². The van der Waals surface area contributed by atoms with Gasteiger partial charge in [0.05, 0.1) is 13.2 Å². The summed E-state index contributed by atoms with van der Waals surface area (Å²) in [5.74, 6) is -1.18. The van der Waals surface area contributed by atoms with E-state index in [0.29, 0.717) is 6.42 Å². The highest BCUT2D eigenvalue weighted by Crippen LogP contribution is 1.91. The minimum Gasteiger partial charge on any atom is -0.464 e. The number of aliphatic hydroxyl groups is 1. The Morgan fingerprint density at radius 3 is 2.07 bits per heavy atom. The molecule has 0 heterocycles. The predicted molar refractivity (Wildman–Crippen MR) is 51.9 cm³/mol. The summed E-state index contributed by atoms with van der Waals surface area (Å²) in [5, 5.41) is 8.76. The van der Waals surface area contributed by atoms with Crippen LogP contribution in [0.5, 0.6) is 0 Å². The number of rotatable bonds is 6. The molecular weight excluding hydrogens is 202 g/mol. The summed E-state index contributed by atoms with van der Waals surface area (Å²) in [4.78, 5) is 21.6. The van der Waals surface area contributed by atoms with Crippen LogP contribution in [0, 0.1) is 0 Å². The number of carbonyl (C=O) groups excluding carboxylic acids is 2. The van der Waals surface area contributed by atoms with E-state index < -0.39 is 24.1 Å². The summed E-state index contributed by atoms with van der Waals surface area (Å²) < 4.78 is 9.36. The van der Waals surface area contributed by atoms with Crippen LogP contribution in [0.2, 0.25) is 0 Å². The van der Waals surface area contributed by atoms with Crippen LogP contribution in [0.1, 0.15) is 20.3 Å². The van der Waals surface area contributed by atoms with Gasteiger partial charge in [-0.1, -0.05) is 0 Å². The Labute approximate surface area is 88.3 Å². The van der Waals surface area contributed by atoms with Gasteiger partial charge in [-0.2, -0.15) is 0 Å². The summed E-state index contributed by atoms with van der Waals surface area (Å²) in [7, 11) is 0. The Kier molecular flexibility index (Phi) is 6.64. The molecule has 0 saturated heterocycles. The first-order valence-corrected chi connectivity index (χ1v) is 4.72. The zero-order valence-electron chi connectivity index (χ0n) is 8.93. The standard InChI is InChI=1S/C9H17NO5/c1-6(10)8(12)14-4-3-5-15-9(13)7(2)11/h6-7,11H,3-5,10H2,1-2H3. The molecule has 0 aromatic carbocycles. The average molecular weight is 219 g/mol. The maximum absolute atomic E-state index is 10.9. The predicted octanol–water partition coefficient (Wildman–Crippen LogP) is -0.809. The van der Waals surface area contributed by atoms with E-state index in [0.717, 1.165) is 0 Å². The van der Waals surface area contributed by atoms with Gasteiger partial charge in [0.2, 0.25) is 0 Å². The Bertz CT molecular complexity index is 193. The maximum atomic E-state index is 10.9. The summed E-state index contributed by atoms with van der Waals surface area (Å²) in [5.41, 5.74) is 5.25. The Hall–Kier alpha value is -1.14. The van der Waals surface area contributed by atoms with E-state index in [-0.39, 0.29) is 13.2 Å². The molecule has 0 aliphatic rings. The summed E-state index contributed by atoms with van der Waals surface area (Å²) in [6.07, 6.45) is -0.742. The van der Waals surface area contributed by atoms with Gasteiger partial charge in [0.1, 0.15) is 12.1 Å². The lowest BCUT2D eigenvalue weighted by Crippen LogP contribution is -2.29. The van der Waals surface area contributed by atoms with Crippen molar-refractivity contribution in [3.8, 4) is 0 Å². The van der Waals surface area contributed by atoms with E-state index in [1.807, 2.05) is 0 Å². The zero-order valence-corrected chi connectivity index (χ0v) is 8.93. The van der Waals surface area contributed by atoms with Gasteiger partial charge in [-0.05, 0) is 13.8 Å². The molecule has 0 fully saturated rings. The molecule has 6 nitrogen and oxygen atoms in total. The Morgan fingerprint density at radius 1 is 1.20 bits per heavy atom. The molecule has 0 aliphatic heterocycles. The fourth-order valence-electron chi connectivity index (χ4n) is 0.656. The molecule has 0 aliphatic carbocycles. The summed E-state index contributed by atoms with van der Waals surface area (Å²) in [6.45, 7) is 3.09. The topological polar surface area (TPSA) is 98.9 Å². The fraction of sp³-hybridized carbons (Fsp3) is 0.778. The third-order valence-electron chi connectivity index (χ3n) is 1.49. The second-order valence-electron chi connectivity index (χ2n) is 3.15. The summed E-state index contributed by atoms with van der Waals surface area (Å²) in [6, 6.07) is -0.648. The lowest BCUT2D eigenvalue weighted by molar-refractivity contribution is -0.153. The maximum Gasteiger partial charge on any atom is 0.334 e. The van der Waals surface area contributed by atoms with Crippen molar-refractivity contribution < 1.29 is 24.2 Å². The highest BCUT2D eigenvalue weighted by molar-refractivity contribution is 5.75. The molecule has 0 spiro atoms. The van der Waals surface area contributed by atoms with Crippen LogP contribution < -0.4 is 5.73 Å². The molecule has 3 N–H and O–H groups in total. The molecule has 0 radical (unpaired) electrons. The van der Waals surface area contributed by atoms with Crippen molar-refractivity contribution in [3.05, 3.63) is 0 Å². The number of carbonyl (C=O) groups is 2. The molecule has 2 atom stereocenters. The smallest absolute Gasteiger partial charge is 0.334 e. The second-order valence-corrected chi connectivity index (χ2v) is 3.15. The van der Waals surface area contributed by atoms with Crippen LogP contribution in [0.25, 0.3) is 0 Å². The van der Waals surface area contributed by atoms with Crippen molar-refractivity contribution in [2.45, 2.75) is 32.4 Å². The van der Waals surface area contributed by atoms with Crippen molar-refractivity contribution in [3.63, 3.8) is 0 Å². The fourth-order valence-corrected chi connectivity index (χ4v) is 0.656. The molecule has 0 saturated carbocycles. The van der Waals surface area contributed by atoms with Crippen LogP contribution in [0.4, 0.5) is 0 Å². The minimum absolute atomic E-state index is 0.107. The first kappa shape index (κ1) is 13.9. The SMILES string of the molecule is CC(N)C(=O)OCCCOC(=O)C(C)O. The second kappa shape index (κ2) is 7.19. The van der Waals surface area contributed by atoms with Gasteiger partial charge in [0.25, 0.3) is 0 Å². The lowest BCUT2D eigenvalue weighted by Gasteiger charge is -2.08. The zero-order chi connectivity index (χ0) is 11.8. The molecule has 2 unspecified atom stereocenters. The molecule has 0 amide bonds. The number of hydrogen-bond donors (Lipinski definition) is 2. The highest BCUT2D eigenvalue weighted by Gasteiger charge is 2.10. The molecule has 0 aromatic rings. The number of ether oxygens (including phenoxy) is 2. The van der Waals surface area contributed by atoms with Crippen molar-refractivity contribution in [1.82, 2.24) is 0 Å². The van der Waals surface area contributed by atoms with Crippen LogP contribution in [0.15, 0.2) is 0 Å². The lowest BCUT2D eigenvalue weighted by atomic mass is 10.4. The number of esters is 2. The normalized spacial score (nSPS) is 14.1. The first-order valence-electron chi connectivity index (χ1n) is 4.72. The molecule has 6 heteroatoms. The molecule has 0 rings (SSSR count). The number of nitrogens with two attached hydrogens (primary N) is 1. The van der Waals surface area contributed by atoms with Crippen LogP contribution in [-0.2, 0) is 19.1 Å². The highest BCUT2D eigenvalue weighted by atomic mass is 16.6. The third-order valence-corrected chi connectivity index (χ3v) is 1.49. The van der Waals surface area contributed by atoms with Gasteiger partial charge >= 0.3 is 11.9 Å². The largest absolute Gasteiger partial charge is 0.464 e. The van der Waals surface area contributed by atoms with Crippen LogP contribution in [0.3, 0.4) is 0 Å². The summed E-state index contributed by atoms with van der Waals surface area (Å²) >= 11 is 0. The van der Waals surface area contributed by atoms with Crippen molar-refractivity contribution >= 4 is 11.9 Å². The molecular formula is C9H17NO5. The average Bonchev–Trinajstić information content (AvgIpc) is 2.16. The van der Waals surface area contributed by atoms with E-state index in [9.17, 15) is 9.59 Å². The molecule has 0 aromatic heterocycles. The van der Waals surface area contributed by atoms with E-state index in [2.05, 4.69) is 4.74 Å².